The summed E-state index contributed by atoms with van der Waals surface area (Å²) in [5, 5.41) is 3.19. The number of rotatable bonds is 4. The topological polar surface area (TPSA) is 25.2 Å². The van der Waals surface area contributed by atoms with Crippen LogP contribution in [0.3, 0.4) is 0 Å². The summed E-state index contributed by atoms with van der Waals surface area (Å²) >= 11 is 3.29. The molecule has 17 heavy (non-hydrogen) atoms. The van der Waals surface area contributed by atoms with E-state index in [0.29, 0.717) is 6.42 Å². The van der Waals surface area contributed by atoms with E-state index in [0.717, 1.165) is 15.6 Å². The van der Waals surface area contributed by atoms with Gasteiger partial charge in [0.2, 0.25) is 0 Å². The largest absolute Gasteiger partial charge is 0.472 e. The third kappa shape index (κ3) is 3.17. The van der Waals surface area contributed by atoms with Crippen molar-refractivity contribution in [3.63, 3.8) is 0 Å². The average Bonchev–Trinajstić information content (AvgIpc) is 2.77. The van der Waals surface area contributed by atoms with Crippen molar-refractivity contribution in [2.45, 2.75) is 12.5 Å². The number of benzene rings is 1. The molecule has 90 valence electrons. The number of likely N-dealkylation sites (N-methyl/N-ethyl adjacent to an activating group) is 1. The Labute approximate surface area is 108 Å². The summed E-state index contributed by atoms with van der Waals surface area (Å²) in [6.07, 6.45) is 4.06. The average molecular weight is 298 g/mol. The molecule has 1 N–H and O–H groups in total. The van der Waals surface area contributed by atoms with E-state index in [1.165, 1.54) is 6.07 Å². The van der Waals surface area contributed by atoms with Gasteiger partial charge in [-0.25, -0.2) is 4.39 Å². The van der Waals surface area contributed by atoms with Crippen LogP contribution in [-0.2, 0) is 6.42 Å². The van der Waals surface area contributed by atoms with Gasteiger partial charge in [0.05, 0.1) is 12.5 Å². The molecule has 2 rings (SSSR count). The highest BCUT2D eigenvalue weighted by Gasteiger charge is 2.12. The van der Waals surface area contributed by atoms with E-state index in [9.17, 15) is 4.39 Å². The Hall–Kier alpha value is -1.13. The Balaban J connectivity index is 2.18. The van der Waals surface area contributed by atoms with Gasteiger partial charge >= 0.3 is 0 Å². The second-order valence-electron chi connectivity index (χ2n) is 3.88. The van der Waals surface area contributed by atoms with E-state index in [4.69, 9.17) is 4.42 Å². The SMILES string of the molecule is CNC(Cc1cc(F)cc(Br)c1)c1ccoc1. The smallest absolute Gasteiger partial charge is 0.124 e. The minimum Gasteiger partial charge on any atom is -0.472 e. The van der Waals surface area contributed by atoms with Crippen molar-refractivity contribution in [2.24, 2.45) is 0 Å². The van der Waals surface area contributed by atoms with Crippen LogP contribution in [0.4, 0.5) is 4.39 Å². The number of halogens is 2. The van der Waals surface area contributed by atoms with E-state index in [-0.39, 0.29) is 11.9 Å². The number of furan rings is 1. The molecule has 2 aromatic rings. The lowest BCUT2D eigenvalue weighted by Crippen LogP contribution is -2.18. The molecule has 1 aromatic heterocycles. The van der Waals surface area contributed by atoms with Crippen LogP contribution in [0.1, 0.15) is 17.2 Å². The zero-order chi connectivity index (χ0) is 12.3. The molecule has 1 heterocycles. The van der Waals surface area contributed by atoms with Crippen molar-refractivity contribution in [1.29, 1.82) is 0 Å². The molecule has 4 heteroatoms. The molecule has 0 aliphatic rings. The number of hydrogen-bond acceptors (Lipinski definition) is 2. The van der Waals surface area contributed by atoms with Gasteiger partial charge in [0.1, 0.15) is 5.82 Å². The zero-order valence-corrected chi connectivity index (χ0v) is 11.0. The van der Waals surface area contributed by atoms with E-state index >= 15 is 0 Å². The van der Waals surface area contributed by atoms with Crippen LogP contribution in [0.2, 0.25) is 0 Å². The van der Waals surface area contributed by atoms with Gasteiger partial charge in [-0.2, -0.15) is 0 Å². The van der Waals surface area contributed by atoms with E-state index in [2.05, 4.69) is 21.2 Å². The van der Waals surface area contributed by atoms with Gasteiger partial charge in [-0.15, -0.1) is 0 Å². The minimum atomic E-state index is -0.226. The van der Waals surface area contributed by atoms with Gasteiger partial charge in [0.25, 0.3) is 0 Å². The van der Waals surface area contributed by atoms with Gasteiger partial charge < -0.3 is 9.73 Å². The first kappa shape index (κ1) is 12.3. The third-order valence-electron chi connectivity index (χ3n) is 2.66. The quantitative estimate of drug-likeness (QED) is 0.931. The molecule has 0 amide bonds. The Morgan fingerprint density at radius 1 is 1.41 bits per heavy atom. The Bertz CT molecular complexity index is 464. The molecule has 0 spiro atoms. The zero-order valence-electron chi connectivity index (χ0n) is 9.41. The maximum Gasteiger partial charge on any atom is 0.124 e. The van der Waals surface area contributed by atoms with Crippen molar-refractivity contribution in [1.82, 2.24) is 5.32 Å². The molecule has 0 saturated heterocycles. The molecule has 0 aliphatic carbocycles. The lowest BCUT2D eigenvalue weighted by atomic mass is 10.0. The summed E-state index contributed by atoms with van der Waals surface area (Å²) in [7, 11) is 1.88. The molecule has 0 aliphatic heterocycles. The maximum absolute atomic E-state index is 13.3. The van der Waals surface area contributed by atoms with Crippen molar-refractivity contribution >= 4 is 15.9 Å². The van der Waals surface area contributed by atoms with Crippen LogP contribution in [0.25, 0.3) is 0 Å². The lowest BCUT2D eigenvalue weighted by Gasteiger charge is -2.14. The second kappa shape index (κ2) is 5.47. The first-order valence-electron chi connectivity index (χ1n) is 5.33. The third-order valence-corrected chi connectivity index (χ3v) is 3.11. The number of nitrogens with one attached hydrogen (secondary N) is 1. The minimum absolute atomic E-state index is 0.127. The highest BCUT2D eigenvalue weighted by molar-refractivity contribution is 9.10. The molecule has 0 bridgehead atoms. The van der Waals surface area contributed by atoms with E-state index in [1.807, 2.05) is 19.2 Å². The predicted molar refractivity (Wildman–Crippen MR) is 68.3 cm³/mol. The molecule has 0 fully saturated rings. The molecule has 2 nitrogen and oxygen atoms in total. The van der Waals surface area contributed by atoms with Crippen molar-refractivity contribution in [3.8, 4) is 0 Å². The molecular formula is C13H13BrFNO. The monoisotopic (exact) mass is 297 g/mol. The van der Waals surface area contributed by atoms with E-state index in [1.54, 1.807) is 18.6 Å². The highest BCUT2D eigenvalue weighted by Crippen LogP contribution is 2.22. The normalized spacial score (nSPS) is 12.6. The molecular weight excluding hydrogens is 285 g/mol. The highest BCUT2D eigenvalue weighted by atomic mass is 79.9. The fraction of sp³-hybridized carbons (Fsp3) is 0.231. The fourth-order valence-electron chi connectivity index (χ4n) is 1.82. The maximum atomic E-state index is 13.3. The van der Waals surface area contributed by atoms with Gasteiger partial charge in [0.15, 0.2) is 0 Å². The summed E-state index contributed by atoms with van der Waals surface area (Å²) in [6.45, 7) is 0. The lowest BCUT2D eigenvalue weighted by molar-refractivity contribution is 0.541. The summed E-state index contributed by atoms with van der Waals surface area (Å²) in [6, 6.07) is 6.97. The Kier molecular flexibility index (Phi) is 3.97. The second-order valence-corrected chi connectivity index (χ2v) is 4.80. The molecule has 0 radical (unpaired) electrons. The van der Waals surface area contributed by atoms with Gasteiger partial charge in [-0.05, 0) is 43.3 Å². The van der Waals surface area contributed by atoms with Crippen LogP contribution in [0, 0.1) is 5.82 Å². The first-order chi connectivity index (χ1) is 8.19. The van der Waals surface area contributed by atoms with Crippen molar-refractivity contribution < 1.29 is 8.81 Å². The molecule has 1 unspecified atom stereocenters. The first-order valence-corrected chi connectivity index (χ1v) is 6.12. The van der Waals surface area contributed by atoms with Crippen molar-refractivity contribution in [2.75, 3.05) is 7.05 Å². The van der Waals surface area contributed by atoms with Crippen LogP contribution in [0.15, 0.2) is 45.7 Å². The Morgan fingerprint density at radius 3 is 2.82 bits per heavy atom. The molecule has 1 atom stereocenters. The molecule has 0 saturated carbocycles. The van der Waals surface area contributed by atoms with Gasteiger partial charge in [0, 0.05) is 16.1 Å². The Morgan fingerprint density at radius 2 is 2.24 bits per heavy atom. The van der Waals surface area contributed by atoms with Gasteiger partial charge in [-0.1, -0.05) is 15.9 Å². The van der Waals surface area contributed by atoms with Crippen LogP contribution < -0.4 is 5.32 Å². The predicted octanol–water partition coefficient (Wildman–Crippen LogP) is 3.68. The number of hydrogen-bond donors (Lipinski definition) is 1. The van der Waals surface area contributed by atoms with Crippen LogP contribution in [-0.4, -0.2) is 7.05 Å². The summed E-state index contributed by atoms with van der Waals surface area (Å²) in [4.78, 5) is 0. The van der Waals surface area contributed by atoms with E-state index < -0.39 is 0 Å². The summed E-state index contributed by atoms with van der Waals surface area (Å²) in [5.41, 5.74) is 2.00. The summed E-state index contributed by atoms with van der Waals surface area (Å²) < 4.78 is 19.1. The van der Waals surface area contributed by atoms with Crippen LogP contribution >= 0.6 is 15.9 Å². The fourth-order valence-corrected chi connectivity index (χ4v) is 2.34. The van der Waals surface area contributed by atoms with Crippen LogP contribution in [0.5, 0.6) is 0 Å². The molecule has 1 aromatic carbocycles. The van der Waals surface area contributed by atoms with Crippen molar-refractivity contribution in [3.05, 3.63) is 58.2 Å². The summed E-state index contributed by atoms with van der Waals surface area (Å²) in [5.74, 6) is -0.226. The van der Waals surface area contributed by atoms with Gasteiger partial charge in [-0.3, -0.25) is 0 Å². The standard InChI is InChI=1S/C13H13BrFNO/c1-16-13(10-2-3-17-8-10)6-9-4-11(14)7-12(15)5-9/h2-5,7-8,13,16H,6H2,1H3.